The van der Waals surface area contributed by atoms with Crippen LogP contribution in [0.4, 0.5) is 0 Å². The molecule has 116 valence electrons. The van der Waals surface area contributed by atoms with Gasteiger partial charge in [-0.25, -0.2) is 0 Å². The summed E-state index contributed by atoms with van der Waals surface area (Å²) in [7, 11) is 0. The second-order valence-corrected chi connectivity index (χ2v) is 5.66. The molecule has 6 nitrogen and oxygen atoms in total. The van der Waals surface area contributed by atoms with E-state index in [9.17, 15) is 14.9 Å². The molecule has 0 unspecified atom stereocenters. The van der Waals surface area contributed by atoms with Crippen molar-refractivity contribution in [2.45, 2.75) is 18.3 Å². The smallest absolute Gasteiger partial charge is 0.271 e. The fourth-order valence-corrected chi connectivity index (χ4v) is 2.97. The van der Waals surface area contributed by atoms with Crippen molar-refractivity contribution in [1.29, 1.82) is 5.26 Å². The lowest BCUT2D eigenvalue weighted by molar-refractivity contribution is 0.0685. The molecule has 2 heterocycles. The van der Waals surface area contributed by atoms with E-state index in [1.807, 2.05) is 30.3 Å². The highest BCUT2D eigenvalue weighted by atomic mass is 16.2. The van der Waals surface area contributed by atoms with Gasteiger partial charge in [0.2, 0.25) is 0 Å². The van der Waals surface area contributed by atoms with E-state index in [-0.39, 0.29) is 11.6 Å². The predicted octanol–water partition coefficient (Wildman–Crippen LogP) is 1.47. The molecule has 2 aromatic rings. The molecule has 0 aliphatic carbocycles. The number of aromatic nitrogens is 2. The van der Waals surface area contributed by atoms with Crippen molar-refractivity contribution in [3.05, 3.63) is 64.3 Å². The van der Waals surface area contributed by atoms with Crippen molar-refractivity contribution >= 4 is 5.91 Å². The fraction of sp³-hybridized carbons (Fsp3) is 0.294. The van der Waals surface area contributed by atoms with Gasteiger partial charge in [-0.15, -0.1) is 0 Å². The number of piperidine rings is 1. The minimum absolute atomic E-state index is 0.182. The summed E-state index contributed by atoms with van der Waals surface area (Å²) in [6.45, 7) is 0.941. The molecular weight excluding hydrogens is 292 g/mol. The summed E-state index contributed by atoms with van der Waals surface area (Å²) in [6, 6.07) is 12.1. The van der Waals surface area contributed by atoms with Gasteiger partial charge in [-0.1, -0.05) is 30.3 Å². The molecule has 0 spiro atoms. The molecule has 23 heavy (non-hydrogen) atoms. The van der Waals surface area contributed by atoms with E-state index in [2.05, 4.69) is 16.0 Å². The van der Waals surface area contributed by atoms with Gasteiger partial charge in [0, 0.05) is 13.1 Å². The van der Waals surface area contributed by atoms with Crippen molar-refractivity contribution in [1.82, 2.24) is 14.9 Å². The number of nitrogens with zero attached hydrogens (tertiary/aromatic N) is 3. The second-order valence-electron chi connectivity index (χ2n) is 5.66. The Labute approximate surface area is 133 Å². The molecule has 1 amide bonds. The maximum atomic E-state index is 12.4. The van der Waals surface area contributed by atoms with Crippen LogP contribution in [0.15, 0.2) is 47.5 Å². The Morgan fingerprint density at radius 3 is 2.52 bits per heavy atom. The Kier molecular flexibility index (Phi) is 3.94. The van der Waals surface area contributed by atoms with Gasteiger partial charge in [-0.3, -0.25) is 14.6 Å². The molecule has 1 N–H and O–H groups in total. The van der Waals surface area contributed by atoms with Crippen molar-refractivity contribution in [3.8, 4) is 6.07 Å². The van der Waals surface area contributed by atoms with Crippen LogP contribution in [-0.2, 0) is 5.41 Å². The lowest BCUT2D eigenvalue weighted by Crippen LogP contribution is -2.45. The topological polar surface area (TPSA) is 89.8 Å². The Bertz CT molecular complexity index is 799. The predicted molar refractivity (Wildman–Crippen MR) is 83.7 cm³/mol. The molecule has 1 fully saturated rings. The summed E-state index contributed by atoms with van der Waals surface area (Å²) < 4.78 is 0. The Balaban J connectivity index is 1.77. The molecule has 1 saturated heterocycles. The highest BCUT2D eigenvalue weighted by Crippen LogP contribution is 2.35. The largest absolute Gasteiger partial charge is 0.337 e. The normalized spacial score (nSPS) is 16.6. The van der Waals surface area contributed by atoms with Crippen LogP contribution in [0.3, 0.4) is 0 Å². The number of benzene rings is 1. The minimum Gasteiger partial charge on any atom is -0.337 e. The summed E-state index contributed by atoms with van der Waals surface area (Å²) in [5.41, 5.74) is 0.218. The van der Waals surface area contributed by atoms with E-state index < -0.39 is 11.0 Å². The van der Waals surface area contributed by atoms with Crippen LogP contribution in [0.5, 0.6) is 0 Å². The van der Waals surface area contributed by atoms with Crippen LogP contribution in [-0.4, -0.2) is 33.9 Å². The van der Waals surface area contributed by atoms with Gasteiger partial charge in [0.1, 0.15) is 5.69 Å². The molecule has 1 aliphatic rings. The minimum atomic E-state index is -0.555. The summed E-state index contributed by atoms with van der Waals surface area (Å²) in [6.07, 6.45) is 3.63. The molecule has 1 aliphatic heterocycles. The fourth-order valence-electron chi connectivity index (χ4n) is 2.97. The van der Waals surface area contributed by atoms with Crippen molar-refractivity contribution < 1.29 is 4.79 Å². The van der Waals surface area contributed by atoms with Crippen LogP contribution < -0.4 is 5.56 Å². The number of rotatable bonds is 2. The Morgan fingerprint density at radius 1 is 1.22 bits per heavy atom. The molecule has 1 aromatic carbocycles. The number of aromatic amines is 1. The van der Waals surface area contributed by atoms with Gasteiger partial charge in [0.25, 0.3) is 11.5 Å². The molecule has 0 atom stereocenters. The second kappa shape index (κ2) is 6.05. The van der Waals surface area contributed by atoms with Crippen molar-refractivity contribution in [2.24, 2.45) is 0 Å². The molecule has 0 saturated carbocycles. The van der Waals surface area contributed by atoms with E-state index >= 15 is 0 Å². The number of nitrogens with one attached hydrogen (secondary N) is 1. The van der Waals surface area contributed by atoms with Crippen LogP contribution in [0.2, 0.25) is 0 Å². The third kappa shape index (κ3) is 2.86. The van der Waals surface area contributed by atoms with Gasteiger partial charge in [0.05, 0.1) is 23.9 Å². The van der Waals surface area contributed by atoms with Crippen LogP contribution in [0, 0.1) is 11.3 Å². The van der Waals surface area contributed by atoms with Gasteiger partial charge in [-0.2, -0.15) is 5.26 Å². The van der Waals surface area contributed by atoms with E-state index in [1.165, 1.54) is 6.20 Å². The van der Waals surface area contributed by atoms with Crippen LogP contribution in [0.25, 0.3) is 0 Å². The number of hydrogen-bond acceptors (Lipinski definition) is 4. The Morgan fingerprint density at radius 2 is 1.91 bits per heavy atom. The van der Waals surface area contributed by atoms with Crippen LogP contribution in [0.1, 0.15) is 28.9 Å². The first-order valence-corrected chi connectivity index (χ1v) is 7.45. The van der Waals surface area contributed by atoms with Gasteiger partial charge in [-0.05, 0) is 18.4 Å². The lowest BCUT2D eigenvalue weighted by Gasteiger charge is -2.37. The first-order chi connectivity index (χ1) is 11.1. The standard InChI is InChI=1S/C17H16N4O2/c18-12-17(13-4-2-1-3-5-13)6-8-21(9-7-17)16(23)14-10-19-11-15(22)20-14/h1-5,10-11H,6-9H2,(H,20,22). The molecular formula is C17H16N4O2. The molecule has 3 rings (SSSR count). The maximum Gasteiger partial charge on any atom is 0.271 e. The van der Waals surface area contributed by atoms with Crippen molar-refractivity contribution in [2.75, 3.05) is 13.1 Å². The van der Waals surface area contributed by atoms with E-state index in [0.717, 1.165) is 11.8 Å². The molecule has 0 bridgehead atoms. The molecule has 6 heteroatoms. The van der Waals surface area contributed by atoms with Gasteiger partial charge < -0.3 is 9.88 Å². The number of nitriles is 1. The quantitative estimate of drug-likeness (QED) is 0.909. The first-order valence-electron chi connectivity index (χ1n) is 7.45. The maximum absolute atomic E-state index is 12.4. The summed E-state index contributed by atoms with van der Waals surface area (Å²) in [4.78, 5) is 31.6. The highest BCUT2D eigenvalue weighted by molar-refractivity contribution is 5.92. The number of amides is 1. The number of H-pyrrole nitrogens is 1. The van der Waals surface area contributed by atoms with Gasteiger partial charge >= 0.3 is 0 Å². The SMILES string of the molecule is N#CC1(c2ccccc2)CCN(C(=O)c2cncc(=O)[nH]2)CC1. The van der Waals surface area contributed by atoms with Crippen molar-refractivity contribution in [3.63, 3.8) is 0 Å². The van der Waals surface area contributed by atoms with E-state index in [4.69, 9.17) is 0 Å². The first kappa shape index (κ1) is 15.0. The third-order valence-electron chi connectivity index (χ3n) is 4.33. The number of hydrogen-bond donors (Lipinski definition) is 1. The lowest BCUT2D eigenvalue weighted by atomic mass is 9.74. The van der Waals surface area contributed by atoms with E-state index in [1.54, 1.807) is 4.90 Å². The summed E-state index contributed by atoms with van der Waals surface area (Å²) in [5.74, 6) is -0.255. The molecule has 0 radical (unpaired) electrons. The number of carbonyl (C=O) groups is 1. The molecule has 1 aromatic heterocycles. The van der Waals surface area contributed by atoms with Gasteiger partial charge in [0.15, 0.2) is 0 Å². The monoisotopic (exact) mass is 308 g/mol. The zero-order valence-electron chi connectivity index (χ0n) is 12.5. The zero-order valence-corrected chi connectivity index (χ0v) is 12.5. The highest BCUT2D eigenvalue weighted by Gasteiger charge is 2.37. The summed E-state index contributed by atoms with van der Waals surface area (Å²) >= 11 is 0. The average Bonchev–Trinajstić information content (AvgIpc) is 2.62. The summed E-state index contributed by atoms with van der Waals surface area (Å²) in [5, 5.41) is 9.66. The average molecular weight is 308 g/mol. The zero-order chi connectivity index (χ0) is 16.3. The van der Waals surface area contributed by atoms with Crippen LogP contribution >= 0.6 is 0 Å². The van der Waals surface area contributed by atoms with E-state index in [0.29, 0.717) is 25.9 Å². The third-order valence-corrected chi connectivity index (χ3v) is 4.33. The number of carbonyl (C=O) groups excluding carboxylic acids is 1. The number of likely N-dealkylation sites (tertiary alicyclic amines) is 1. The Hall–Kier alpha value is -2.94.